The first-order valence-corrected chi connectivity index (χ1v) is 5.27. The first-order chi connectivity index (χ1) is 9.24. The van der Waals surface area contributed by atoms with Crippen molar-refractivity contribution in [2.75, 3.05) is 0 Å². The van der Waals surface area contributed by atoms with Crippen LogP contribution in [0.3, 0.4) is 0 Å². The predicted molar refractivity (Wildman–Crippen MR) is 62.1 cm³/mol. The topological polar surface area (TPSA) is 118 Å². The van der Waals surface area contributed by atoms with E-state index in [0.717, 1.165) is 0 Å². The number of carboxylic acid groups (broad SMARTS) is 1. The number of aromatic nitrogens is 5. The summed E-state index contributed by atoms with van der Waals surface area (Å²) in [6.45, 7) is 0. The van der Waals surface area contributed by atoms with Crippen LogP contribution >= 0.6 is 0 Å². The van der Waals surface area contributed by atoms with Gasteiger partial charge in [-0.25, -0.2) is 9.78 Å². The predicted octanol–water partition coefficient (Wildman–Crippen LogP) is 1.22. The molecule has 0 spiro atoms. The molecule has 3 rings (SSSR count). The van der Waals surface area contributed by atoms with E-state index in [1.54, 1.807) is 12.1 Å². The molecule has 3 aromatic rings. The Kier molecular flexibility index (Phi) is 2.53. The third kappa shape index (κ3) is 2.06. The monoisotopic (exact) mass is 257 g/mol. The lowest BCUT2D eigenvalue weighted by Gasteiger charge is -1.95. The molecule has 0 unspecified atom stereocenters. The van der Waals surface area contributed by atoms with E-state index in [1.807, 2.05) is 0 Å². The number of aromatic amines is 1. The second-order valence-corrected chi connectivity index (χ2v) is 3.64. The van der Waals surface area contributed by atoms with Crippen LogP contribution in [0.4, 0.5) is 0 Å². The molecule has 0 radical (unpaired) electrons. The number of aromatic carboxylic acids is 1. The van der Waals surface area contributed by atoms with Crippen molar-refractivity contribution in [3.05, 3.63) is 36.2 Å². The highest BCUT2D eigenvalue weighted by Crippen LogP contribution is 2.20. The van der Waals surface area contributed by atoms with Crippen molar-refractivity contribution in [2.24, 2.45) is 0 Å². The van der Waals surface area contributed by atoms with Gasteiger partial charge in [-0.15, -0.1) is 0 Å². The van der Waals surface area contributed by atoms with Crippen molar-refractivity contribution in [3.63, 3.8) is 0 Å². The molecule has 0 saturated heterocycles. The zero-order chi connectivity index (χ0) is 13.2. The van der Waals surface area contributed by atoms with Gasteiger partial charge in [0, 0.05) is 5.56 Å². The molecule has 0 bridgehead atoms. The van der Waals surface area contributed by atoms with Gasteiger partial charge >= 0.3 is 5.97 Å². The van der Waals surface area contributed by atoms with E-state index < -0.39 is 5.97 Å². The summed E-state index contributed by atoms with van der Waals surface area (Å²) < 4.78 is 5.08. The van der Waals surface area contributed by atoms with Crippen LogP contribution in [-0.4, -0.2) is 36.4 Å². The van der Waals surface area contributed by atoms with Gasteiger partial charge in [0.05, 0.1) is 5.56 Å². The van der Waals surface area contributed by atoms with Gasteiger partial charge in [0.25, 0.3) is 5.89 Å². The largest absolute Gasteiger partial charge is 0.478 e. The van der Waals surface area contributed by atoms with Gasteiger partial charge in [0.2, 0.25) is 5.82 Å². The number of nitrogens with one attached hydrogen (secondary N) is 1. The van der Waals surface area contributed by atoms with Crippen molar-refractivity contribution < 1.29 is 14.4 Å². The summed E-state index contributed by atoms with van der Waals surface area (Å²) in [5.41, 5.74) is 0.821. The highest BCUT2D eigenvalue weighted by Gasteiger charge is 2.13. The average Bonchev–Trinajstić information content (AvgIpc) is 3.10. The van der Waals surface area contributed by atoms with Gasteiger partial charge in [-0.2, -0.15) is 10.1 Å². The molecule has 0 amide bonds. The van der Waals surface area contributed by atoms with Crippen molar-refractivity contribution in [1.82, 2.24) is 25.3 Å². The lowest BCUT2D eigenvalue weighted by atomic mass is 10.1. The van der Waals surface area contributed by atoms with Gasteiger partial charge in [0.15, 0.2) is 5.82 Å². The number of rotatable bonds is 3. The minimum atomic E-state index is -0.987. The molecule has 2 aromatic heterocycles. The number of hydrogen-bond donors (Lipinski definition) is 2. The first-order valence-electron chi connectivity index (χ1n) is 5.27. The average molecular weight is 257 g/mol. The maximum Gasteiger partial charge on any atom is 0.335 e. The Labute approximate surface area is 106 Å². The number of hydrogen-bond acceptors (Lipinski definition) is 6. The third-order valence-electron chi connectivity index (χ3n) is 2.43. The molecule has 0 aliphatic rings. The SMILES string of the molecule is O=C(O)c1ccc(-c2nc(-c3ncn[nH]3)no2)cc1. The summed E-state index contributed by atoms with van der Waals surface area (Å²) in [6.07, 6.45) is 1.34. The lowest BCUT2D eigenvalue weighted by molar-refractivity contribution is 0.0697. The summed E-state index contributed by atoms with van der Waals surface area (Å²) in [6, 6.07) is 6.13. The molecule has 0 atom stereocenters. The van der Waals surface area contributed by atoms with Gasteiger partial charge in [0.1, 0.15) is 6.33 Å². The standard InChI is InChI=1S/C11H7N5O3/c17-11(18)7-3-1-6(2-4-7)10-14-9(16-19-10)8-12-5-13-15-8/h1-5H,(H,17,18)(H,12,13,15). The highest BCUT2D eigenvalue weighted by molar-refractivity contribution is 5.88. The molecule has 2 N–H and O–H groups in total. The number of benzene rings is 1. The van der Waals surface area contributed by atoms with E-state index in [4.69, 9.17) is 9.63 Å². The molecule has 0 fully saturated rings. The molecular formula is C11H7N5O3. The summed E-state index contributed by atoms with van der Waals surface area (Å²) in [7, 11) is 0. The summed E-state index contributed by atoms with van der Waals surface area (Å²) in [5, 5.41) is 18.9. The van der Waals surface area contributed by atoms with Crippen LogP contribution in [0.5, 0.6) is 0 Å². The summed E-state index contributed by atoms with van der Waals surface area (Å²) in [5.74, 6) is -0.0188. The van der Waals surface area contributed by atoms with E-state index in [2.05, 4.69) is 25.3 Å². The number of H-pyrrole nitrogens is 1. The quantitative estimate of drug-likeness (QED) is 0.724. The molecule has 1 aromatic carbocycles. The van der Waals surface area contributed by atoms with Gasteiger partial charge in [-0.1, -0.05) is 5.16 Å². The van der Waals surface area contributed by atoms with Crippen molar-refractivity contribution in [2.45, 2.75) is 0 Å². The number of carbonyl (C=O) groups is 1. The Hall–Kier alpha value is -3.03. The number of nitrogens with zero attached hydrogens (tertiary/aromatic N) is 4. The van der Waals surface area contributed by atoms with E-state index in [9.17, 15) is 4.79 Å². The molecular weight excluding hydrogens is 250 g/mol. The van der Waals surface area contributed by atoms with Gasteiger partial charge in [-0.05, 0) is 24.3 Å². The van der Waals surface area contributed by atoms with Crippen LogP contribution in [0.2, 0.25) is 0 Å². The fraction of sp³-hybridized carbons (Fsp3) is 0. The first kappa shape index (κ1) is 11.1. The molecule has 19 heavy (non-hydrogen) atoms. The minimum absolute atomic E-state index is 0.193. The lowest BCUT2D eigenvalue weighted by Crippen LogP contribution is -1.94. The fourth-order valence-electron chi connectivity index (χ4n) is 1.51. The maximum absolute atomic E-state index is 10.7. The number of carboxylic acids is 1. The van der Waals surface area contributed by atoms with Crippen molar-refractivity contribution >= 4 is 5.97 Å². The summed E-state index contributed by atoms with van der Waals surface area (Å²) >= 11 is 0. The Morgan fingerprint density at radius 2 is 2.05 bits per heavy atom. The fourth-order valence-corrected chi connectivity index (χ4v) is 1.51. The van der Waals surface area contributed by atoms with Crippen LogP contribution in [-0.2, 0) is 0 Å². The minimum Gasteiger partial charge on any atom is -0.478 e. The molecule has 2 heterocycles. The second-order valence-electron chi connectivity index (χ2n) is 3.64. The van der Waals surface area contributed by atoms with E-state index in [-0.39, 0.29) is 17.3 Å². The Morgan fingerprint density at radius 1 is 1.26 bits per heavy atom. The molecule has 94 valence electrons. The van der Waals surface area contributed by atoms with E-state index in [0.29, 0.717) is 11.4 Å². The summed E-state index contributed by atoms with van der Waals surface area (Å²) in [4.78, 5) is 18.8. The normalized spacial score (nSPS) is 10.5. The van der Waals surface area contributed by atoms with Crippen LogP contribution < -0.4 is 0 Å². The van der Waals surface area contributed by atoms with Crippen molar-refractivity contribution in [1.29, 1.82) is 0 Å². The van der Waals surface area contributed by atoms with Crippen LogP contribution in [0.25, 0.3) is 23.1 Å². The second kappa shape index (κ2) is 4.33. The Morgan fingerprint density at radius 3 is 2.68 bits per heavy atom. The molecule has 8 nitrogen and oxygen atoms in total. The van der Waals surface area contributed by atoms with Gasteiger partial charge < -0.3 is 9.63 Å². The molecule has 8 heteroatoms. The van der Waals surface area contributed by atoms with Crippen molar-refractivity contribution in [3.8, 4) is 23.1 Å². The molecule has 0 aliphatic carbocycles. The maximum atomic E-state index is 10.7. The zero-order valence-corrected chi connectivity index (χ0v) is 9.44. The van der Waals surface area contributed by atoms with Gasteiger partial charge in [-0.3, -0.25) is 5.10 Å². The van der Waals surface area contributed by atoms with E-state index >= 15 is 0 Å². The third-order valence-corrected chi connectivity index (χ3v) is 2.43. The van der Waals surface area contributed by atoms with Crippen LogP contribution in [0, 0.1) is 0 Å². The smallest absolute Gasteiger partial charge is 0.335 e. The zero-order valence-electron chi connectivity index (χ0n) is 9.44. The molecule has 0 saturated carbocycles. The van der Waals surface area contributed by atoms with Crippen LogP contribution in [0.1, 0.15) is 10.4 Å². The Balaban J connectivity index is 1.92. The van der Waals surface area contributed by atoms with Crippen LogP contribution in [0.15, 0.2) is 35.1 Å². The highest BCUT2D eigenvalue weighted by atomic mass is 16.5. The Bertz CT molecular complexity index is 702. The van der Waals surface area contributed by atoms with E-state index in [1.165, 1.54) is 18.5 Å². The molecule has 0 aliphatic heterocycles.